The maximum atomic E-state index is 12.9. The summed E-state index contributed by atoms with van der Waals surface area (Å²) >= 11 is 3.04. The predicted molar refractivity (Wildman–Crippen MR) is 103 cm³/mol. The molecule has 6 heteroatoms. The van der Waals surface area contributed by atoms with E-state index in [9.17, 15) is 4.79 Å². The SMILES string of the molecule is C=CCN(Cc1ccc(OC)cc1)C(=O)c1cnc(-c2cccs2)s1. The average Bonchev–Trinajstić information content (AvgIpc) is 3.32. The lowest BCUT2D eigenvalue weighted by Crippen LogP contribution is -2.30. The Morgan fingerprint density at radius 3 is 2.76 bits per heavy atom. The van der Waals surface area contributed by atoms with E-state index in [1.54, 1.807) is 35.6 Å². The number of hydrogen-bond acceptors (Lipinski definition) is 5. The second-order valence-corrected chi connectivity index (χ2v) is 7.31. The average molecular weight is 370 g/mol. The summed E-state index contributed by atoms with van der Waals surface area (Å²) in [5, 5.41) is 2.88. The first-order valence-electron chi connectivity index (χ1n) is 7.74. The highest BCUT2D eigenvalue weighted by molar-refractivity contribution is 7.21. The summed E-state index contributed by atoms with van der Waals surface area (Å²) in [5.74, 6) is 0.768. The number of thiophene rings is 1. The molecule has 0 aliphatic carbocycles. The van der Waals surface area contributed by atoms with E-state index in [-0.39, 0.29) is 5.91 Å². The molecule has 3 rings (SSSR count). The Kier molecular flexibility index (Phi) is 5.63. The van der Waals surface area contributed by atoms with Gasteiger partial charge in [-0.05, 0) is 29.1 Å². The number of amides is 1. The summed E-state index contributed by atoms with van der Waals surface area (Å²) in [6.07, 6.45) is 3.40. The number of benzene rings is 1. The van der Waals surface area contributed by atoms with E-state index in [0.717, 1.165) is 21.2 Å². The van der Waals surface area contributed by atoms with E-state index >= 15 is 0 Å². The molecule has 0 saturated heterocycles. The topological polar surface area (TPSA) is 42.4 Å². The first kappa shape index (κ1) is 17.4. The number of hydrogen-bond donors (Lipinski definition) is 0. The van der Waals surface area contributed by atoms with Crippen LogP contribution in [0, 0.1) is 0 Å². The van der Waals surface area contributed by atoms with Crippen molar-refractivity contribution in [1.82, 2.24) is 9.88 Å². The number of thiazole rings is 1. The Balaban J connectivity index is 1.77. The highest BCUT2D eigenvalue weighted by atomic mass is 32.1. The van der Waals surface area contributed by atoms with Crippen molar-refractivity contribution in [1.29, 1.82) is 0 Å². The number of rotatable bonds is 7. The summed E-state index contributed by atoms with van der Waals surface area (Å²) in [4.78, 5) is 20.7. The van der Waals surface area contributed by atoms with E-state index in [1.807, 2.05) is 41.8 Å². The van der Waals surface area contributed by atoms with Gasteiger partial charge < -0.3 is 9.64 Å². The lowest BCUT2D eigenvalue weighted by atomic mass is 10.2. The molecular weight excluding hydrogens is 352 g/mol. The first-order valence-corrected chi connectivity index (χ1v) is 9.43. The molecule has 1 aromatic carbocycles. The van der Waals surface area contributed by atoms with E-state index < -0.39 is 0 Å². The third kappa shape index (κ3) is 4.15. The van der Waals surface area contributed by atoms with E-state index in [4.69, 9.17) is 4.74 Å². The number of methoxy groups -OCH3 is 1. The molecule has 2 aromatic heterocycles. The molecule has 0 N–H and O–H groups in total. The summed E-state index contributed by atoms with van der Waals surface area (Å²) in [5.41, 5.74) is 1.04. The van der Waals surface area contributed by atoms with Crippen LogP contribution in [0.5, 0.6) is 5.75 Å². The molecule has 0 aliphatic rings. The standard InChI is InChI=1S/C19H18N2O2S2/c1-3-10-21(13-14-6-8-15(23-2)9-7-14)19(22)17-12-20-18(25-17)16-5-4-11-24-16/h3-9,11-12H,1,10,13H2,2H3. The fraction of sp³-hybridized carbons (Fsp3) is 0.158. The normalized spacial score (nSPS) is 10.4. The van der Waals surface area contributed by atoms with Crippen molar-refractivity contribution in [3.05, 3.63) is 71.1 Å². The lowest BCUT2D eigenvalue weighted by Gasteiger charge is -2.20. The number of ether oxygens (including phenoxy) is 1. The van der Waals surface area contributed by atoms with Crippen LogP contribution in [-0.4, -0.2) is 29.4 Å². The quantitative estimate of drug-likeness (QED) is 0.566. The molecule has 1 amide bonds. The third-order valence-electron chi connectivity index (χ3n) is 3.62. The summed E-state index contributed by atoms with van der Waals surface area (Å²) < 4.78 is 5.17. The molecule has 0 atom stereocenters. The number of nitrogens with zero attached hydrogens (tertiary/aromatic N) is 2. The van der Waals surface area contributed by atoms with Gasteiger partial charge in [0.2, 0.25) is 0 Å². The van der Waals surface area contributed by atoms with Crippen LogP contribution >= 0.6 is 22.7 Å². The van der Waals surface area contributed by atoms with Crippen molar-refractivity contribution in [3.8, 4) is 15.6 Å². The minimum Gasteiger partial charge on any atom is -0.497 e. The molecule has 0 radical (unpaired) electrons. The van der Waals surface area contributed by atoms with Gasteiger partial charge in [0.05, 0.1) is 18.2 Å². The largest absolute Gasteiger partial charge is 0.497 e. The molecule has 128 valence electrons. The summed E-state index contributed by atoms with van der Waals surface area (Å²) in [7, 11) is 1.64. The summed E-state index contributed by atoms with van der Waals surface area (Å²) in [6, 6.07) is 11.7. The summed E-state index contributed by atoms with van der Waals surface area (Å²) in [6.45, 7) is 4.77. The van der Waals surface area contributed by atoms with Crippen LogP contribution in [0.3, 0.4) is 0 Å². The van der Waals surface area contributed by atoms with Crippen molar-refractivity contribution < 1.29 is 9.53 Å². The molecule has 3 aromatic rings. The fourth-order valence-electron chi connectivity index (χ4n) is 2.37. The maximum absolute atomic E-state index is 12.9. The van der Waals surface area contributed by atoms with Gasteiger partial charge in [0.1, 0.15) is 15.6 Å². The number of aromatic nitrogens is 1. The van der Waals surface area contributed by atoms with Gasteiger partial charge in [0, 0.05) is 13.1 Å². The molecule has 0 saturated carbocycles. The van der Waals surface area contributed by atoms with Gasteiger partial charge in [-0.15, -0.1) is 29.3 Å². The van der Waals surface area contributed by atoms with Gasteiger partial charge in [-0.2, -0.15) is 0 Å². The zero-order valence-electron chi connectivity index (χ0n) is 13.8. The molecule has 0 fully saturated rings. The highest BCUT2D eigenvalue weighted by Crippen LogP contribution is 2.29. The van der Waals surface area contributed by atoms with E-state index in [1.165, 1.54) is 11.3 Å². The van der Waals surface area contributed by atoms with Crippen molar-refractivity contribution in [3.63, 3.8) is 0 Å². The van der Waals surface area contributed by atoms with Crippen LogP contribution in [0.25, 0.3) is 9.88 Å². The van der Waals surface area contributed by atoms with Crippen LogP contribution in [0.2, 0.25) is 0 Å². The number of carbonyl (C=O) groups is 1. The van der Waals surface area contributed by atoms with Crippen molar-refractivity contribution in [2.75, 3.05) is 13.7 Å². The molecule has 0 spiro atoms. The van der Waals surface area contributed by atoms with Gasteiger partial charge in [0.25, 0.3) is 5.91 Å². The van der Waals surface area contributed by atoms with Crippen molar-refractivity contribution >= 4 is 28.6 Å². The molecule has 0 aliphatic heterocycles. The van der Waals surface area contributed by atoms with Gasteiger partial charge in [-0.3, -0.25) is 4.79 Å². The van der Waals surface area contributed by atoms with Crippen LogP contribution < -0.4 is 4.74 Å². The van der Waals surface area contributed by atoms with Crippen LogP contribution in [0.15, 0.2) is 60.6 Å². The third-order valence-corrected chi connectivity index (χ3v) is 5.64. The second-order valence-electron chi connectivity index (χ2n) is 5.33. The second kappa shape index (κ2) is 8.09. The maximum Gasteiger partial charge on any atom is 0.266 e. The highest BCUT2D eigenvalue weighted by Gasteiger charge is 2.18. The zero-order valence-corrected chi connectivity index (χ0v) is 15.5. The van der Waals surface area contributed by atoms with E-state index in [2.05, 4.69) is 11.6 Å². The molecule has 4 nitrogen and oxygen atoms in total. The minimum absolute atomic E-state index is 0.0315. The van der Waals surface area contributed by atoms with Crippen LogP contribution in [0.1, 0.15) is 15.2 Å². The number of carbonyl (C=O) groups excluding carboxylic acids is 1. The Labute approximate surface area is 155 Å². The lowest BCUT2D eigenvalue weighted by molar-refractivity contribution is 0.0767. The Bertz CT molecular complexity index is 839. The predicted octanol–water partition coefficient (Wildman–Crippen LogP) is 4.71. The van der Waals surface area contributed by atoms with Gasteiger partial charge in [-0.25, -0.2) is 4.98 Å². The van der Waals surface area contributed by atoms with Gasteiger partial charge >= 0.3 is 0 Å². The molecule has 0 unspecified atom stereocenters. The zero-order chi connectivity index (χ0) is 17.6. The van der Waals surface area contributed by atoms with E-state index in [0.29, 0.717) is 18.0 Å². The molecular formula is C19H18N2O2S2. The molecule has 0 bridgehead atoms. The Morgan fingerprint density at radius 1 is 1.32 bits per heavy atom. The van der Waals surface area contributed by atoms with Crippen molar-refractivity contribution in [2.45, 2.75) is 6.54 Å². The molecule has 2 heterocycles. The smallest absolute Gasteiger partial charge is 0.266 e. The monoisotopic (exact) mass is 370 g/mol. The van der Waals surface area contributed by atoms with Crippen LogP contribution in [-0.2, 0) is 6.54 Å². The Hall–Kier alpha value is -2.44. The fourth-order valence-corrected chi connectivity index (χ4v) is 4.06. The van der Waals surface area contributed by atoms with Crippen molar-refractivity contribution in [2.24, 2.45) is 0 Å². The Morgan fingerprint density at radius 2 is 2.12 bits per heavy atom. The van der Waals surface area contributed by atoms with Crippen LogP contribution in [0.4, 0.5) is 0 Å². The minimum atomic E-state index is -0.0315. The van der Waals surface area contributed by atoms with Gasteiger partial charge in [0.15, 0.2) is 0 Å². The molecule has 25 heavy (non-hydrogen) atoms. The van der Waals surface area contributed by atoms with Gasteiger partial charge in [-0.1, -0.05) is 24.3 Å². The first-order chi connectivity index (χ1) is 12.2.